The molecule has 0 aliphatic carbocycles. The summed E-state index contributed by atoms with van der Waals surface area (Å²) < 4.78 is 50.1. The number of primary sulfonamides is 1. The second-order valence-corrected chi connectivity index (χ2v) is 7.25. The Morgan fingerprint density at radius 2 is 1.68 bits per heavy atom. The van der Waals surface area contributed by atoms with Gasteiger partial charge < -0.3 is 28.6 Å². The number of rotatable bonds is 4. The average molecular weight is 414 g/mol. The third-order valence-electron chi connectivity index (χ3n) is 4.05. The Kier molecular flexibility index (Phi) is 5.45. The molecule has 2 aliphatic rings. The molecule has 0 atom stereocenters. The van der Waals surface area contributed by atoms with Gasteiger partial charge in [-0.15, -0.1) is 0 Å². The fourth-order valence-electron chi connectivity index (χ4n) is 2.83. The van der Waals surface area contributed by atoms with Gasteiger partial charge in [-0.05, 0) is 0 Å². The highest BCUT2D eigenvalue weighted by atomic mass is 32.2. The molecule has 2 heterocycles. The summed E-state index contributed by atoms with van der Waals surface area (Å²) in [4.78, 5) is 25.3. The van der Waals surface area contributed by atoms with Crippen LogP contribution in [0.25, 0.3) is 0 Å². The number of anilines is 1. The van der Waals surface area contributed by atoms with Crippen LogP contribution >= 0.6 is 0 Å². The van der Waals surface area contributed by atoms with E-state index in [-0.39, 0.29) is 59.9 Å². The molecule has 0 fully saturated rings. The Bertz CT molecular complexity index is 955. The predicted octanol–water partition coefficient (Wildman–Crippen LogP) is -0.501. The summed E-state index contributed by atoms with van der Waals surface area (Å²) in [7, 11) is -1.97. The number of sulfonamides is 1. The fourth-order valence-corrected chi connectivity index (χ4v) is 3.56. The lowest BCUT2D eigenvalue weighted by Crippen LogP contribution is -2.39. The van der Waals surface area contributed by atoms with E-state index >= 15 is 0 Å². The van der Waals surface area contributed by atoms with Gasteiger partial charge >= 0.3 is 11.9 Å². The zero-order valence-corrected chi connectivity index (χ0v) is 15.9. The third kappa shape index (κ3) is 3.61. The minimum Gasteiger partial charge on any atom is -0.486 e. The molecule has 12 heteroatoms. The summed E-state index contributed by atoms with van der Waals surface area (Å²) in [5, 5.41) is 5.36. The molecule has 28 heavy (non-hydrogen) atoms. The molecule has 1 aromatic rings. The van der Waals surface area contributed by atoms with E-state index in [0.29, 0.717) is 0 Å². The third-order valence-corrected chi connectivity index (χ3v) is 4.99. The van der Waals surface area contributed by atoms with Gasteiger partial charge in [-0.25, -0.2) is 23.1 Å². The first kappa shape index (κ1) is 19.9. The van der Waals surface area contributed by atoms with Gasteiger partial charge in [-0.1, -0.05) is 0 Å². The van der Waals surface area contributed by atoms with Crippen molar-refractivity contribution in [3.05, 3.63) is 23.4 Å². The van der Waals surface area contributed by atoms with Gasteiger partial charge in [0.1, 0.15) is 30.5 Å². The lowest BCUT2D eigenvalue weighted by molar-refractivity contribution is -0.140. The molecule has 2 N–H and O–H groups in total. The van der Waals surface area contributed by atoms with E-state index in [4.69, 9.17) is 24.1 Å². The maximum Gasteiger partial charge on any atom is 0.355 e. The minimum absolute atomic E-state index is 0.0340. The molecule has 0 saturated carbocycles. The van der Waals surface area contributed by atoms with Crippen LogP contribution in [0.1, 0.15) is 0 Å². The van der Waals surface area contributed by atoms with Crippen LogP contribution in [0.5, 0.6) is 11.5 Å². The van der Waals surface area contributed by atoms with Crippen LogP contribution in [0, 0.1) is 0 Å². The molecular formula is C16H18N2O9S. The number of methoxy groups -OCH3 is 2. The van der Waals surface area contributed by atoms with Crippen molar-refractivity contribution in [2.75, 3.05) is 45.7 Å². The second kappa shape index (κ2) is 7.66. The number of carbonyl (C=O) groups is 2. The van der Waals surface area contributed by atoms with Crippen molar-refractivity contribution < 1.29 is 41.7 Å². The molecule has 3 rings (SSSR count). The van der Waals surface area contributed by atoms with Crippen molar-refractivity contribution in [3.63, 3.8) is 0 Å². The number of hydrogen-bond acceptors (Lipinski definition) is 10. The van der Waals surface area contributed by atoms with E-state index in [0.717, 1.165) is 14.2 Å². The lowest BCUT2D eigenvalue weighted by atomic mass is 10.1. The summed E-state index contributed by atoms with van der Waals surface area (Å²) in [6.07, 6.45) is 0. The number of ether oxygens (including phenoxy) is 5. The average Bonchev–Trinajstić information content (AvgIpc) is 2.70. The molecule has 0 bridgehead atoms. The van der Waals surface area contributed by atoms with Crippen LogP contribution in [0.3, 0.4) is 0 Å². The molecule has 0 unspecified atom stereocenters. The van der Waals surface area contributed by atoms with Crippen molar-refractivity contribution in [3.8, 4) is 11.5 Å². The van der Waals surface area contributed by atoms with E-state index in [2.05, 4.69) is 4.74 Å². The van der Waals surface area contributed by atoms with Crippen molar-refractivity contribution in [1.82, 2.24) is 0 Å². The molecule has 2 aliphatic heterocycles. The zero-order chi connectivity index (χ0) is 20.5. The molecule has 152 valence electrons. The summed E-state index contributed by atoms with van der Waals surface area (Å²) >= 11 is 0. The van der Waals surface area contributed by atoms with Crippen molar-refractivity contribution in [2.24, 2.45) is 5.14 Å². The standard InChI is InChI=1S/C16H18N2O9S/c1-23-15(19)9-7-25-8-18(14(9)16(20)24-2)10-5-11-12(27-4-3-26-11)6-13(10)28(17,21)22/h5-6H,3-4,7-8H2,1-2H3,(H2,17,21,22). The van der Waals surface area contributed by atoms with Crippen molar-refractivity contribution >= 4 is 27.6 Å². The molecule has 1 aromatic carbocycles. The summed E-state index contributed by atoms with van der Waals surface area (Å²) in [6.45, 7) is 0.0315. The molecule has 0 radical (unpaired) electrons. The predicted molar refractivity (Wildman–Crippen MR) is 93.2 cm³/mol. The van der Waals surface area contributed by atoms with E-state index in [9.17, 15) is 18.0 Å². The second-order valence-electron chi connectivity index (χ2n) is 5.72. The molecule has 0 spiro atoms. The quantitative estimate of drug-likeness (QED) is 0.640. The van der Waals surface area contributed by atoms with Gasteiger partial charge in [-0.2, -0.15) is 0 Å². The Labute approximate surface area is 160 Å². The molecule has 0 aromatic heterocycles. The maximum atomic E-state index is 12.4. The van der Waals surface area contributed by atoms with E-state index in [1.165, 1.54) is 17.0 Å². The van der Waals surface area contributed by atoms with Crippen LogP contribution in [-0.4, -0.2) is 61.1 Å². The normalized spacial score (nSPS) is 16.6. The number of fused-ring (bicyclic) bond motifs is 1. The van der Waals surface area contributed by atoms with Gasteiger partial charge in [-0.3, -0.25) is 0 Å². The summed E-state index contributed by atoms with van der Waals surface area (Å²) in [5.41, 5.74) is -0.383. The number of carbonyl (C=O) groups excluding carboxylic acids is 2. The highest BCUT2D eigenvalue weighted by Gasteiger charge is 2.35. The van der Waals surface area contributed by atoms with Gasteiger partial charge in [0.05, 0.1) is 32.1 Å². The maximum absolute atomic E-state index is 12.4. The van der Waals surface area contributed by atoms with Crippen LogP contribution in [-0.2, 0) is 33.8 Å². The minimum atomic E-state index is -4.24. The Morgan fingerprint density at radius 1 is 1.07 bits per heavy atom. The van der Waals surface area contributed by atoms with E-state index < -0.39 is 22.0 Å². The van der Waals surface area contributed by atoms with Crippen LogP contribution < -0.4 is 19.5 Å². The van der Waals surface area contributed by atoms with Gasteiger partial charge in [0, 0.05) is 12.1 Å². The summed E-state index contributed by atoms with van der Waals surface area (Å²) in [6, 6.07) is 2.54. The molecule has 11 nitrogen and oxygen atoms in total. The summed E-state index contributed by atoms with van der Waals surface area (Å²) in [5.74, 6) is -1.25. The monoisotopic (exact) mass is 414 g/mol. The fraction of sp³-hybridized carbons (Fsp3) is 0.375. The molecule has 0 amide bonds. The smallest absolute Gasteiger partial charge is 0.355 e. The SMILES string of the molecule is COC(=O)C1=C(C(=O)OC)N(c2cc3c(cc2S(N)(=O)=O)OCCO3)COC1. The van der Waals surface area contributed by atoms with Gasteiger partial charge in [0.15, 0.2) is 11.5 Å². The Hall–Kier alpha value is -2.83. The number of nitrogens with two attached hydrogens (primary N) is 1. The van der Waals surface area contributed by atoms with Gasteiger partial charge in [0.2, 0.25) is 10.0 Å². The first-order chi connectivity index (χ1) is 13.3. The number of hydrogen-bond donors (Lipinski definition) is 1. The van der Waals surface area contributed by atoms with Gasteiger partial charge in [0.25, 0.3) is 0 Å². The Balaban J connectivity index is 2.25. The van der Waals surface area contributed by atoms with Crippen LogP contribution in [0.4, 0.5) is 5.69 Å². The van der Waals surface area contributed by atoms with Crippen molar-refractivity contribution in [2.45, 2.75) is 4.90 Å². The largest absolute Gasteiger partial charge is 0.486 e. The number of benzene rings is 1. The number of esters is 2. The van der Waals surface area contributed by atoms with Crippen LogP contribution in [0.2, 0.25) is 0 Å². The topological polar surface area (TPSA) is 144 Å². The molecule has 0 saturated heterocycles. The first-order valence-corrected chi connectivity index (χ1v) is 9.54. The molecular weight excluding hydrogens is 396 g/mol. The highest BCUT2D eigenvalue weighted by Crippen LogP contribution is 2.41. The van der Waals surface area contributed by atoms with Crippen LogP contribution in [0.15, 0.2) is 28.3 Å². The lowest BCUT2D eigenvalue weighted by Gasteiger charge is -2.33. The Morgan fingerprint density at radius 3 is 2.25 bits per heavy atom. The first-order valence-electron chi connectivity index (χ1n) is 7.99. The highest BCUT2D eigenvalue weighted by molar-refractivity contribution is 7.89. The van der Waals surface area contributed by atoms with Crippen molar-refractivity contribution in [1.29, 1.82) is 0 Å². The van der Waals surface area contributed by atoms with E-state index in [1.54, 1.807) is 0 Å². The number of nitrogens with zero attached hydrogens (tertiary/aromatic N) is 1. The zero-order valence-electron chi connectivity index (χ0n) is 15.1. The van der Waals surface area contributed by atoms with E-state index in [1.807, 2.05) is 0 Å².